The molecule has 0 unspecified atom stereocenters. The van der Waals surface area contributed by atoms with E-state index >= 15 is 0 Å². The first-order valence-electron chi connectivity index (χ1n) is 8.83. The Labute approximate surface area is 158 Å². The summed E-state index contributed by atoms with van der Waals surface area (Å²) in [4.78, 5) is 27.9. The van der Waals surface area contributed by atoms with Crippen LogP contribution in [0, 0.1) is 0 Å². The molecule has 3 rings (SSSR count). The van der Waals surface area contributed by atoms with E-state index in [1.54, 1.807) is 24.5 Å². The maximum atomic E-state index is 12.1. The van der Waals surface area contributed by atoms with Gasteiger partial charge >= 0.3 is 11.8 Å². The van der Waals surface area contributed by atoms with Crippen molar-refractivity contribution in [2.75, 3.05) is 11.9 Å². The zero-order valence-electron chi connectivity index (χ0n) is 14.8. The SMILES string of the molecule is O=C(NCCC(c1ccccc1)c1ccccc1)C(=O)Nc1ccncc1. The standard InChI is InChI=1S/C22H21N3O2/c26-21(22(27)25-19-11-14-23-15-12-19)24-16-13-20(17-7-3-1-4-8-17)18-9-5-2-6-10-18/h1-12,14-15,20H,13,16H2,(H,24,26)(H,23,25,27). The monoisotopic (exact) mass is 359 g/mol. The van der Waals surface area contributed by atoms with Crippen molar-refractivity contribution in [2.24, 2.45) is 0 Å². The zero-order valence-corrected chi connectivity index (χ0v) is 14.8. The predicted octanol–water partition coefficient (Wildman–Crippen LogP) is 3.36. The average Bonchev–Trinajstić information content (AvgIpc) is 2.73. The summed E-state index contributed by atoms with van der Waals surface area (Å²) < 4.78 is 0. The summed E-state index contributed by atoms with van der Waals surface area (Å²) in [5.41, 5.74) is 2.90. The molecule has 0 bridgehead atoms. The molecule has 2 amide bonds. The third-order valence-corrected chi connectivity index (χ3v) is 4.27. The van der Waals surface area contributed by atoms with Crippen molar-refractivity contribution >= 4 is 17.5 Å². The van der Waals surface area contributed by atoms with E-state index in [0.717, 1.165) is 0 Å². The van der Waals surface area contributed by atoms with Crippen LogP contribution < -0.4 is 10.6 Å². The van der Waals surface area contributed by atoms with E-state index in [2.05, 4.69) is 39.9 Å². The molecule has 1 heterocycles. The molecular formula is C22H21N3O2. The van der Waals surface area contributed by atoms with Crippen molar-refractivity contribution in [1.82, 2.24) is 10.3 Å². The molecule has 0 radical (unpaired) electrons. The normalized spacial score (nSPS) is 10.4. The number of rotatable bonds is 6. The van der Waals surface area contributed by atoms with Crippen molar-refractivity contribution in [3.63, 3.8) is 0 Å². The summed E-state index contributed by atoms with van der Waals surface area (Å²) in [6.07, 6.45) is 3.80. The molecule has 1 aromatic heterocycles. The molecule has 0 aliphatic heterocycles. The second-order valence-electron chi connectivity index (χ2n) is 6.11. The number of nitrogens with zero attached hydrogens (tertiary/aromatic N) is 1. The number of anilines is 1. The van der Waals surface area contributed by atoms with Crippen molar-refractivity contribution in [3.8, 4) is 0 Å². The lowest BCUT2D eigenvalue weighted by atomic mass is 9.88. The fourth-order valence-corrected chi connectivity index (χ4v) is 2.93. The molecule has 27 heavy (non-hydrogen) atoms. The number of benzene rings is 2. The first kappa shape index (κ1) is 18.3. The molecule has 5 heteroatoms. The van der Waals surface area contributed by atoms with Gasteiger partial charge in [0.2, 0.25) is 0 Å². The highest BCUT2D eigenvalue weighted by atomic mass is 16.2. The zero-order chi connectivity index (χ0) is 18.9. The quantitative estimate of drug-likeness (QED) is 0.663. The Hall–Kier alpha value is -3.47. The minimum atomic E-state index is -0.683. The van der Waals surface area contributed by atoms with Gasteiger partial charge in [-0.3, -0.25) is 14.6 Å². The number of carbonyl (C=O) groups is 2. The van der Waals surface area contributed by atoms with Gasteiger partial charge in [-0.2, -0.15) is 0 Å². The van der Waals surface area contributed by atoms with Gasteiger partial charge in [-0.15, -0.1) is 0 Å². The molecule has 0 saturated carbocycles. The Kier molecular flexibility index (Phi) is 6.30. The van der Waals surface area contributed by atoms with Crippen LogP contribution in [0.4, 0.5) is 5.69 Å². The van der Waals surface area contributed by atoms with E-state index in [0.29, 0.717) is 18.7 Å². The number of hydrogen-bond donors (Lipinski definition) is 2. The van der Waals surface area contributed by atoms with Crippen LogP contribution in [0.2, 0.25) is 0 Å². The Morgan fingerprint density at radius 3 is 1.89 bits per heavy atom. The van der Waals surface area contributed by atoms with Crippen LogP contribution in [-0.2, 0) is 9.59 Å². The molecule has 0 aliphatic rings. The highest BCUT2D eigenvalue weighted by Gasteiger charge is 2.17. The molecule has 2 aromatic carbocycles. The van der Waals surface area contributed by atoms with E-state index in [1.807, 2.05) is 36.4 Å². The average molecular weight is 359 g/mol. The van der Waals surface area contributed by atoms with E-state index in [4.69, 9.17) is 0 Å². The minimum Gasteiger partial charge on any atom is -0.348 e. The van der Waals surface area contributed by atoms with E-state index in [-0.39, 0.29) is 5.92 Å². The van der Waals surface area contributed by atoms with Crippen LogP contribution in [0.1, 0.15) is 23.5 Å². The molecule has 136 valence electrons. The molecule has 0 fully saturated rings. The predicted molar refractivity (Wildman–Crippen MR) is 105 cm³/mol. The Morgan fingerprint density at radius 2 is 1.33 bits per heavy atom. The number of nitrogens with one attached hydrogen (secondary N) is 2. The van der Waals surface area contributed by atoms with E-state index in [9.17, 15) is 9.59 Å². The minimum absolute atomic E-state index is 0.149. The number of carbonyl (C=O) groups excluding carboxylic acids is 2. The van der Waals surface area contributed by atoms with Crippen LogP contribution in [0.15, 0.2) is 85.2 Å². The summed E-state index contributed by atoms with van der Waals surface area (Å²) in [7, 11) is 0. The van der Waals surface area contributed by atoms with E-state index in [1.165, 1.54) is 11.1 Å². The highest BCUT2D eigenvalue weighted by molar-refractivity contribution is 6.39. The molecule has 0 spiro atoms. The molecule has 2 N–H and O–H groups in total. The molecule has 0 aliphatic carbocycles. The maximum Gasteiger partial charge on any atom is 0.313 e. The summed E-state index contributed by atoms with van der Waals surface area (Å²) in [5, 5.41) is 5.26. The maximum absolute atomic E-state index is 12.1. The third kappa shape index (κ3) is 5.25. The van der Waals surface area contributed by atoms with Crippen LogP contribution in [0.3, 0.4) is 0 Å². The molecular weight excluding hydrogens is 338 g/mol. The summed E-state index contributed by atoms with van der Waals surface area (Å²) in [6.45, 7) is 0.400. The molecule has 5 nitrogen and oxygen atoms in total. The first-order valence-corrected chi connectivity index (χ1v) is 8.83. The number of amides is 2. The van der Waals surface area contributed by atoms with Crippen LogP contribution in [-0.4, -0.2) is 23.3 Å². The fraction of sp³-hybridized carbons (Fsp3) is 0.136. The first-order chi connectivity index (χ1) is 13.2. The second-order valence-corrected chi connectivity index (χ2v) is 6.11. The van der Waals surface area contributed by atoms with Crippen LogP contribution >= 0.6 is 0 Å². The fourth-order valence-electron chi connectivity index (χ4n) is 2.93. The van der Waals surface area contributed by atoms with Crippen molar-refractivity contribution in [3.05, 3.63) is 96.3 Å². The van der Waals surface area contributed by atoms with Gasteiger partial charge in [-0.1, -0.05) is 60.7 Å². The van der Waals surface area contributed by atoms with Gasteiger partial charge in [0, 0.05) is 30.5 Å². The van der Waals surface area contributed by atoms with Crippen molar-refractivity contribution < 1.29 is 9.59 Å². The van der Waals surface area contributed by atoms with Gasteiger partial charge in [0.05, 0.1) is 0 Å². The topological polar surface area (TPSA) is 71.1 Å². The lowest BCUT2D eigenvalue weighted by Gasteiger charge is -2.18. The van der Waals surface area contributed by atoms with Gasteiger partial charge in [-0.25, -0.2) is 0 Å². The lowest BCUT2D eigenvalue weighted by molar-refractivity contribution is -0.136. The van der Waals surface area contributed by atoms with Gasteiger partial charge in [0.15, 0.2) is 0 Å². The van der Waals surface area contributed by atoms with Crippen LogP contribution in [0.25, 0.3) is 0 Å². The summed E-state index contributed by atoms with van der Waals surface area (Å²) in [5.74, 6) is -1.18. The molecule has 3 aromatic rings. The largest absolute Gasteiger partial charge is 0.348 e. The van der Waals surface area contributed by atoms with Crippen molar-refractivity contribution in [2.45, 2.75) is 12.3 Å². The van der Waals surface area contributed by atoms with Gasteiger partial charge in [-0.05, 0) is 29.7 Å². The second kappa shape index (κ2) is 9.29. The smallest absolute Gasteiger partial charge is 0.313 e. The number of hydrogen-bond acceptors (Lipinski definition) is 3. The van der Waals surface area contributed by atoms with Crippen molar-refractivity contribution in [1.29, 1.82) is 0 Å². The van der Waals surface area contributed by atoms with E-state index < -0.39 is 11.8 Å². The molecule has 0 saturated heterocycles. The Balaban J connectivity index is 1.59. The summed E-state index contributed by atoms with van der Waals surface area (Å²) >= 11 is 0. The lowest BCUT2D eigenvalue weighted by Crippen LogP contribution is -2.36. The summed E-state index contributed by atoms with van der Waals surface area (Å²) in [6, 6.07) is 23.6. The van der Waals surface area contributed by atoms with Crippen LogP contribution in [0.5, 0.6) is 0 Å². The Morgan fingerprint density at radius 1 is 0.778 bits per heavy atom. The third-order valence-electron chi connectivity index (χ3n) is 4.27. The highest BCUT2D eigenvalue weighted by Crippen LogP contribution is 2.27. The van der Waals surface area contributed by atoms with Gasteiger partial charge in [0.25, 0.3) is 0 Å². The Bertz CT molecular complexity index is 828. The number of pyridine rings is 1. The number of aromatic nitrogens is 1. The van der Waals surface area contributed by atoms with Gasteiger partial charge in [0.1, 0.15) is 0 Å². The molecule has 0 atom stereocenters. The van der Waals surface area contributed by atoms with Gasteiger partial charge < -0.3 is 10.6 Å².